The highest BCUT2D eigenvalue weighted by Crippen LogP contribution is 2.42. The summed E-state index contributed by atoms with van der Waals surface area (Å²) in [5.74, 6) is 3.86. The van der Waals surface area contributed by atoms with E-state index >= 15 is 0 Å². The lowest BCUT2D eigenvalue weighted by molar-refractivity contribution is -0.138. The standard InChI is InChI=1S/C19H25NO2S/c21-19(15-7-10-23-11-8-15)20-12-16(14-4-2-1-3-5-14)17-13-22-9-6-18(17)20/h1-5,15-18H,6-13H2. The summed E-state index contributed by atoms with van der Waals surface area (Å²) < 4.78 is 5.77. The maximum atomic E-state index is 13.1. The van der Waals surface area contributed by atoms with Gasteiger partial charge in [0.05, 0.1) is 6.61 Å². The van der Waals surface area contributed by atoms with Gasteiger partial charge in [-0.2, -0.15) is 11.8 Å². The zero-order chi connectivity index (χ0) is 15.6. The van der Waals surface area contributed by atoms with Gasteiger partial charge in [0.15, 0.2) is 0 Å². The molecule has 0 spiro atoms. The van der Waals surface area contributed by atoms with Crippen LogP contribution in [0.1, 0.15) is 30.7 Å². The van der Waals surface area contributed by atoms with Crippen LogP contribution in [0.25, 0.3) is 0 Å². The number of hydrogen-bond donors (Lipinski definition) is 0. The molecule has 4 heteroatoms. The molecule has 1 aromatic carbocycles. The van der Waals surface area contributed by atoms with Crippen molar-refractivity contribution in [2.75, 3.05) is 31.3 Å². The average molecular weight is 331 g/mol. The monoisotopic (exact) mass is 331 g/mol. The Hall–Kier alpha value is -1.00. The molecule has 3 unspecified atom stereocenters. The largest absolute Gasteiger partial charge is 0.381 e. The number of carbonyl (C=O) groups excluding carboxylic acids is 1. The van der Waals surface area contributed by atoms with Crippen molar-refractivity contribution in [1.29, 1.82) is 0 Å². The molecule has 0 N–H and O–H groups in total. The number of rotatable bonds is 2. The van der Waals surface area contributed by atoms with Crippen LogP contribution < -0.4 is 0 Å². The Morgan fingerprint density at radius 3 is 2.70 bits per heavy atom. The Kier molecular flexibility index (Phi) is 4.63. The van der Waals surface area contributed by atoms with E-state index in [2.05, 4.69) is 35.2 Å². The van der Waals surface area contributed by atoms with E-state index in [1.54, 1.807) is 0 Å². The van der Waals surface area contributed by atoms with Gasteiger partial charge < -0.3 is 9.64 Å². The molecule has 0 bridgehead atoms. The number of likely N-dealkylation sites (tertiary alicyclic amines) is 1. The molecule has 3 aliphatic heterocycles. The van der Waals surface area contributed by atoms with Gasteiger partial charge in [0.1, 0.15) is 0 Å². The Labute approximate surface area is 142 Å². The van der Waals surface area contributed by atoms with Crippen LogP contribution in [0.3, 0.4) is 0 Å². The van der Waals surface area contributed by atoms with E-state index in [0.717, 1.165) is 50.5 Å². The van der Waals surface area contributed by atoms with Crippen molar-refractivity contribution in [2.45, 2.75) is 31.2 Å². The molecule has 0 aromatic heterocycles. The van der Waals surface area contributed by atoms with Gasteiger partial charge in [-0.3, -0.25) is 4.79 Å². The van der Waals surface area contributed by atoms with Crippen LogP contribution in [0.4, 0.5) is 0 Å². The fourth-order valence-electron chi connectivity index (χ4n) is 4.49. The van der Waals surface area contributed by atoms with Crippen molar-refractivity contribution in [3.8, 4) is 0 Å². The number of ether oxygens (including phenoxy) is 1. The Balaban J connectivity index is 1.56. The highest BCUT2D eigenvalue weighted by atomic mass is 32.2. The highest BCUT2D eigenvalue weighted by Gasteiger charge is 2.46. The van der Waals surface area contributed by atoms with Crippen LogP contribution in [0.2, 0.25) is 0 Å². The number of benzene rings is 1. The molecule has 1 aromatic rings. The van der Waals surface area contributed by atoms with Gasteiger partial charge in [-0.1, -0.05) is 30.3 Å². The minimum absolute atomic E-state index is 0.259. The molecule has 23 heavy (non-hydrogen) atoms. The van der Waals surface area contributed by atoms with E-state index in [9.17, 15) is 4.79 Å². The van der Waals surface area contributed by atoms with E-state index < -0.39 is 0 Å². The molecule has 3 atom stereocenters. The number of fused-ring (bicyclic) bond motifs is 1. The third-order valence-corrected chi connectivity index (χ3v) is 6.80. The number of amides is 1. The summed E-state index contributed by atoms with van der Waals surface area (Å²) in [5.41, 5.74) is 1.36. The fraction of sp³-hybridized carbons (Fsp3) is 0.632. The molecule has 4 rings (SSSR count). The smallest absolute Gasteiger partial charge is 0.226 e. The molecule has 0 saturated carbocycles. The van der Waals surface area contributed by atoms with E-state index in [-0.39, 0.29) is 5.92 Å². The summed E-state index contributed by atoms with van der Waals surface area (Å²) in [4.78, 5) is 15.3. The van der Waals surface area contributed by atoms with Crippen molar-refractivity contribution >= 4 is 17.7 Å². The molecule has 3 heterocycles. The van der Waals surface area contributed by atoms with Crippen LogP contribution in [0.5, 0.6) is 0 Å². The second-order valence-corrected chi connectivity index (χ2v) is 8.21. The second-order valence-electron chi connectivity index (χ2n) is 6.99. The van der Waals surface area contributed by atoms with Gasteiger partial charge in [0.25, 0.3) is 0 Å². The van der Waals surface area contributed by atoms with E-state index in [0.29, 0.717) is 23.8 Å². The first-order valence-electron chi connectivity index (χ1n) is 8.85. The summed E-state index contributed by atoms with van der Waals surface area (Å²) >= 11 is 1.99. The van der Waals surface area contributed by atoms with Gasteiger partial charge in [-0.15, -0.1) is 0 Å². The highest BCUT2D eigenvalue weighted by molar-refractivity contribution is 7.99. The molecule has 1 amide bonds. The summed E-state index contributed by atoms with van der Waals surface area (Å²) in [6.45, 7) is 2.48. The van der Waals surface area contributed by atoms with E-state index in [4.69, 9.17) is 4.74 Å². The minimum atomic E-state index is 0.259. The molecule has 0 radical (unpaired) electrons. The van der Waals surface area contributed by atoms with Crippen LogP contribution in [-0.4, -0.2) is 48.1 Å². The lowest BCUT2D eigenvalue weighted by atomic mass is 9.84. The SMILES string of the molecule is O=C(C1CCSCC1)N1CC(c2ccccc2)C2COCCC21. The predicted octanol–water partition coefficient (Wildman–Crippen LogP) is 3.16. The first-order chi connectivity index (χ1) is 11.3. The fourth-order valence-corrected chi connectivity index (χ4v) is 5.59. The first kappa shape index (κ1) is 15.5. The van der Waals surface area contributed by atoms with Gasteiger partial charge in [-0.25, -0.2) is 0 Å². The zero-order valence-corrected chi connectivity index (χ0v) is 14.3. The van der Waals surface area contributed by atoms with Gasteiger partial charge in [0.2, 0.25) is 5.91 Å². The van der Waals surface area contributed by atoms with Crippen LogP contribution in [0.15, 0.2) is 30.3 Å². The Bertz CT molecular complexity index is 544. The maximum Gasteiger partial charge on any atom is 0.226 e. The Morgan fingerprint density at radius 2 is 1.91 bits per heavy atom. The van der Waals surface area contributed by atoms with Crippen LogP contribution >= 0.6 is 11.8 Å². The maximum absolute atomic E-state index is 13.1. The number of thioether (sulfide) groups is 1. The lowest BCUT2D eigenvalue weighted by Gasteiger charge is -2.34. The lowest BCUT2D eigenvalue weighted by Crippen LogP contribution is -2.45. The molecule has 0 aliphatic carbocycles. The summed E-state index contributed by atoms with van der Waals surface area (Å²) in [7, 11) is 0. The van der Waals surface area contributed by atoms with Crippen molar-refractivity contribution in [3.63, 3.8) is 0 Å². The number of nitrogens with zero attached hydrogens (tertiary/aromatic N) is 1. The van der Waals surface area contributed by atoms with Crippen molar-refractivity contribution < 1.29 is 9.53 Å². The molecule has 3 aliphatic rings. The van der Waals surface area contributed by atoms with Gasteiger partial charge in [-0.05, 0) is 36.3 Å². The number of carbonyl (C=O) groups is 1. The van der Waals surface area contributed by atoms with E-state index in [1.165, 1.54) is 5.56 Å². The quantitative estimate of drug-likeness (QED) is 0.834. The third kappa shape index (κ3) is 3.03. The Morgan fingerprint density at radius 1 is 1.13 bits per heavy atom. The summed E-state index contributed by atoms with van der Waals surface area (Å²) in [6.07, 6.45) is 3.12. The number of hydrogen-bond acceptors (Lipinski definition) is 3. The minimum Gasteiger partial charge on any atom is -0.381 e. The third-order valence-electron chi connectivity index (χ3n) is 5.75. The molecule has 3 nitrogen and oxygen atoms in total. The summed E-state index contributed by atoms with van der Waals surface area (Å²) in [6, 6.07) is 11.1. The molecule has 3 fully saturated rings. The van der Waals surface area contributed by atoms with Crippen LogP contribution in [-0.2, 0) is 9.53 Å². The first-order valence-corrected chi connectivity index (χ1v) is 10.0. The van der Waals surface area contributed by atoms with Crippen molar-refractivity contribution in [1.82, 2.24) is 4.90 Å². The summed E-state index contributed by atoms with van der Waals surface area (Å²) in [5, 5.41) is 0. The average Bonchev–Trinajstić information content (AvgIpc) is 3.02. The van der Waals surface area contributed by atoms with E-state index in [1.807, 2.05) is 11.8 Å². The normalized spacial score (nSPS) is 31.8. The second kappa shape index (κ2) is 6.86. The zero-order valence-electron chi connectivity index (χ0n) is 13.5. The van der Waals surface area contributed by atoms with Gasteiger partial charge >= 0.3 is 0 Å². The molecular weight excluding hydrogens is 306 g/mol. The topological polar surface area (TPSA) is 29.5 Å². The molecule has 3 saturated heterocycles. The van der Waals surface area contributed by atoms with Crippen molar-refractivity contribution in [2.24, 2.45) is 11.8 Å². The predicted molar refractivity (Wildman–Crippen MR) is 93.7 cm³/mol. The molecule has 124 valence electrons. The van der Waals surface area contributed by atoms with Crippen molar-refractivity contribution in [3.05, 3.63) is 35.9 Å². The molecular formula is C19H25NO2S. The van der Waals surface area contributed by atoms with Crippen LogP contribution in [0, 0.1) is 11.8 Å². The van der Waals surface area contributed by atoms with Gasteiger partial charge in [0, 0.05) is 36.9 Å².